The Hall–Kier alpha value is -5.72. The molecule has 5 aliphatic heterocycles. The van der Waals surface area contributed by atoms with Gasteiger partial charge in [-0.1, -0.05) is 6.92 Å². The number of piperazine rings is 1. The van der Waals surface area contributed by atoms with Crippen molar-refractivity contribution in [1.82, 2.24) is 40.0 Å². The number of carbonyl (C=O) groups excluding carboxylic acids is 3. The molecular weight excluding hydrogens is 988 g/mol. The highest BCUT2D eigenvalue weighted by molar-refractivity contribution is 9.10. The zero-order valence-electron chi connectivity index (χ0n) is 40.7. The summed E-state index contributed by atoms with van der Waals surface area (Å²) >= 11 is 3.61. The summed E-state index contributed by atoms with van der Waals surface area (Å²) in [5, 5.41) is 20.3. The number of hydrogen-bond donors (Lipinski definition) is 4. The summed E-state index contributed by atoms with van der Waals surface area (Å²) in [6.45, 7) is 14.9. The van der Waals surface area contributed by atoms with Gasteiger partial charge in [0.25, 0.3) is 11.8 Å². The molecule has 0 bridgehead atoms. The number of anilines is 6. The standard InChI is InChI=1S/C51H62BrN12O6P/c1-5-32-25-40(57-51-55-28-37(52)47(59-51)56-39-11-10-38-45(54-17-16-53-38)46(39)71(3,4)69)43(70-2)27-42(32)62-19-14-33(15-20-62)61-23-21-60(22-24-61)18-6-7-31-29-63(30-31)34-8-9-35-36(26-34)50(68)64(49(35)67)41-12-13-44(65)58-48(41)66/h8-11,16-17,25-28,31,33,41,48,66H,5-7,12-15,18-24,29-30H2,1-4H3,(H,58,65)(H2,55,56,57,59). The molecular formula is C51H62BrN12O6P. The number of hydrogen-bond acceptors (Lipinski definition) is 16. The van der Waals surface area contributed by atoms with Gasteiger partial charge >= 0.3 is 0 Å². The van der Waals surface area contributed by atoms with Crippen molar-refractivity contribution in [1.29, 1.82) is 0 Å². The minimum Gasteiger partial charge on any atom is -0.494 e. The van der Waals surface area contributed by atoms with Gasteiger partial charge in [0, 0.05) is 101 Å². The van der Waals surface area contributed by atoms with Crippen LogP contribution in [0.1, 0.15) is 71.7 Å². The lowest BCUT2D eigenvalue weighted by Crippen LogP contribution is -2.57. The van der Waals surface area contributed by atoms with Crippen molar-refractivity contribution < 1.29 is 28.8 Å². The van der Waals surface area contributed by atoms with E-state index in [9.17, 15) is 24.1 Å². The number of imide groups is 1. The molecule has 7 heterocycles. The van der Waals surface area contributed by atoms with Gasteiger partial charge in [0.1, 0.15) is 30.5 Å². The van der Waals surface area contributed by atoms with E-state index in [1.165, 1.54) is 11.3 Å². The second-order valence-corrected chi connectivity index (χ2v) is 23.8. The van der Waals surface area contributed by atoms with Crippen LogP contribution in [0.3, 0.4) is 0 Å². The Morgan fingerprint density at radius 2 is 1.63 bits per heavy atom. The molecule has 0 saturated carbocycles. The summed E-state index contributed by atoms with van der Waals surface area (Å²) in [6, 6.07) is 13.3. The number of amides is 3. The molecule has 0 aliphatic carbocycles. The molecule has 5 aliphatic rings. The van der Waals surface area contributed by atoms with E-state index in [0.29, 0.717) is 67.1 Å². The number of benzene rings is 3. The molecule has 4 fully saturated rings. The van der Waals surface area contributed by atoms with E-state index >= 15 is 0 Å². The van der Waals surface area contributed by atoms with Gasteiger partial charge in [0.2, 0.25) is 11.9 Å². The van der Waals surface area contributed by atoms with Gasteiger partial charge in [-0.15, -0.1) is 0 Å². The van der Waals surface area contributed by atoms with Gasteiger partial charge < -0.3 is 45.1 Å². The first-order chi connectivity index (χ1) is 34.3. The maximum atomic E-state index is 13.6. The molecule has 20 heteroatoms. The molecule has 3 amide bonds. The number of aliphatic hydroxyl groups excluding tert-OH is 1. The van der Waals surface area contributed by atoms with Crippen molar-refractivity contribution in [3.63, 3.8) is 0 Å². The van der Waals surface area contributed by atoms with Crippen molar-refractivity contribution in [3.8, 4) is 5.75 Å². The minimum atomic E-state index is -2.78. The molecule has 2 atom stereocenters. The van der Waals surface area contributed by atoms with Crippen LogP contribution in [0.5, 0.6) is 5.75 Å². The van der Waals surface area contributed by atoms with E-state index in [1.807, 2.05) is 24.3 Å². The zero-order chi connectivity index (χ0) is 49.6. The zero-order valence-corrected chi connectivity index (χ0v) is 43.2. The van der Waals surface area contributed by atoms with Crippen LogP contribution in [0.4, 0.5) is 34.5 Å². The number of fused-ring (bicyclic) bond motifs is 2. The Morgan fingerprint density at radius 1 is 0.873 bits per heavy atom. The molecule has 374 valence electrons. The van der Waals surface area contributed by atoms with Gasteiger partial charge in [0.15, 0.2) is 0 Å². The third-order valence-corrected chi connectivity index (χ3v) is 17.0. The fourth-order valence-corrected chi connectivity index (χ4v) is 12.7. The van der Waals surface area contributed by atoms with Gasteiger partial charge in [0.05, 0.1) is 50.9 Å². The lowest BCUT2D eigenvalue weighted by molar-refractivity contribution is -0.129. The molecule has 2 unspecified atom stereocenters. The van der Waals surface area contributed by atoms with E-state index in [2.05, 4.69) is 85.5 Å². The number of halogens is 1. The Labute approximate surface area is 422 Å². The van der Waals surface area contributed by atoms with Gasteiger partial charge in [-0.05, 0) is 122 Å². The lowest BCUT2D eigenvalue weighted by Gasteiger charge is -2.44. The molecule has 5 aromatic rings. The monoisotopic (exact) mass is 1050 g/mol. The Kier molecular flexibility index (Phi) is 14.1. The molecule has 3 aromatic carbocycles. The number of rotatable bonds is 15. The SMILES string of the molecule is CCc1cc(Nc2ncc(Br)c(Nc3ccc4nccnc4c3P(C)(C)=O)n2)c(OC)cc1N1CCC(N2CCN(CCCC3CN(c4ccc5c(c4)C(=O)N(C4CCC(=O)NC4O)C5=O)C3)CC2)CC1. The van der Waals surface area contributed by atoms with Gasteiger partial charge in [-0.25, -0.2) is 4.98 Å². The van der Waals surface area contributed by atoms with E-state index in [1.54, 1.807) is 45.1 Å². The number of aromatic nitrogens is 4. The number of methoxy groups -OCH3 is 1. The van der Waals surface area contributed by atoms with E-state index < -0.39 is 31.2 Å². The summed E-state index contributed by atoms with van der Waals surface area (Å²) < 4.78 is 20.2. The second-order valence-electron chi connectivity index (χ2n) is 19.7. The fourth-order valence-electron chi connectivity index (χ4n) is 11.1. The predicted octanol–water partition coefficient (Wildman–Crippen LogP) is 6.18. The average Bonchev–Trinajstić information content (AvgIpc) is 3.60. The van der Waals surface area contributed by atoms with E-state index in [0.717, 1.165) is 107 Å². The second kappa shape index (κ2) is 20.4. The highest BCUT2D eigenvalue weighted by Crippen LogP contribution is 2.42. The van der Waals surface area contributed by atoms with Crippen LogP contribution >= 0.6 is 23.1 Å². The minimum absolute atomic E-state index is 0.161. The van der Waals surface area contributed by atoms with E-state index in [4.69, 9.17) is 9.72 Å². The van der Waals surface area contributed by atoms with Crippen LogP contribution in [0.2, 0.25) is 0 Å². The van der Waals surface area contributed by atoms with Crippen LogP contribution in [-0.4, -0.2) is 155 Å². The molecule has 4 N–H and O–H groups in total. The highest BCUT2D eigenvalue weighted by atomic mass is 79.9. The molecule has 18 nitrogen and oxygen atoms in total. The summed E-state index contributed by atoms with van der Waals surface area (Å²) in [5.41, 5.74) is 6.76. The third-order valence-electron chi connectivity index (χ3n) is 14.9. The number of carbonyl (C=O) groups is 3. The quantitative estimate of drug-likeness (QED) is 0.0683. The van der Waals surface area contributed by atoms with Crippen LogP contribution in [-0.2, 0) is 15.8 Å². The Morgan fingerprint density at radius 3 is 2.37 bits per heavy atom. The fraction of sp³-hybridized carbons (Fsp3) is 0.471. The van der Waals surface area contributed by atoms with E-state index in [-0.39, 0.29) is 18.7 Å². The van der Waals surface area contributed by atoms with Crippen molar-refractivity contribution in [2.24, 2.45) is 5.92 Å². The third kappa shape index (κ3) is 10.1. The number of nitrogens with one attached hydrogen (secondary N) is 3. The summed E-state index contributed by atoms with van der Waals surface area (Å²) in [7, 11) is -1.09. The van der Waals surface area contributed by atoms with Crippen LogP contribution in [0, 0.1) is 5.92 Å². The first-order valence-electron chi connectivity index (χ1n) is 24.8. The largest absolute Gasteiger partial charge is 0.494 e. The Bertz CT molecular complexity index is 2900. The lowest BCUT2D eigenvalue weighted by atomic mass is 9.93. The number of aryl methyl sites for hydroxylation is 1. The molecule has 0 spiro atoms. The maximum absolute atomic E-state index is 13.6. The topological polar surface area (TPSA) is 202 Å². The maximum Gasteiger partial charge on any atom is 0.262 e. The molecule has 71 heavy (non-hydrogen) atoms. The summed E-state index contributed by atoms with van der Waals surface area (Å²) in [4.78, 5) is 67.8. The van der Waals surface area contributed by atoms with Crippen LogP contribution in [0.15, 0.2) is 65.5 Å². The summed E-state index contributed by atoms with van der Waals surface area (Å²) in [5.74, 6) is 1.08. The number of piperidine rings is 2. The smallest absolute Gasteiger partial charge is 0.262 e. The highest BCUT2D eigenvalue weighted by Gasteiger charge is 2.45. The molecule has 0 radical (unpaired) electrons. The van der Waals surface area contributed by atoms with Gasteiger partial charge in [-0.2, -0.15) is 4.98 Å². The van der Waals surface area contributed by atoms with Crippen LogP contribution < -0.4 is 35.8 Å². The predicted molar refractivity (Wildman–Crippen MR) is 280 cm³/mol. The first-order valence-corrected chi connectivity index (χ1v) is 28.2. The molecule has 2 aromatic heterocycles. The first kappa shape index (κ1) is 48.9. The number of ether oxygens (including phenoxy) is 1. The van der Waals surface area contributed by atoms with Gasteiger partial charge in [-0.3, -0.25) is 34.2 Å². The molecule has 4 saturated heterocycles. The normalized spacial score (nSPS) is 20.6. The number of nitrogens with zero attached hydrogens (tertiary/aromatic N) is 9. The Balaban J connectivity index is 0.682. The number of aliphatic hydroxyl groups is 1. The van der Waals surface area contributed by atoms with Crippen LogP contribution in [0.25, 0.3) is 11.0 Å². The van der Waals surface area contributed by atoms with Crippen molar-refractivity contribution in [3.05, 3.63) is 82.2 Å². The average molecular weight is 1050 g/mol. The molecule has 10 rings (SSSR count). The van der Waals surface area contributed by atoms with Crippen molar-refractivity contribution in [2.75, 3.05) is 99.8 Å². The van der Waals surface area contributed by atoms with Crippen molar-refractivity contribution >= 4 is 91.6 Å². The van der Waals surface area contributed by atoms with Crippen molar-refractivity contribution in [2.45, 2.75) is 70.2 Å². The summed E-state index contributed by atoms with van der Waals surface area (Å²) in [6.07, 6.45) is 9.45.